The number of hydrogen-bond donors (Lipinski definition) is 2. The van der Waals surface area contributed by atoms with E-state index in [0.717, 1.165) is 0 Å². The summed E-state index contributed by atoms with van der Waals surface area (Å²) in [6, 6.07) is -0.331. The molecule has 2 N–H and O–H groups in total. The van der Waals surface area contributed by atoms with Crippen LogP contribution in [0.4, 0.5) is 0 Å². The molecule has 0 amide bonds. The Morgan fingerprint density at radius 1 is 1.38 bits per heavy atom. The van der Waals surface area contributed by atoms with E-state index in [1.165, 1.54) is 7.11 Å². The van der Waals surface area contributed by atoms with E-state index in [1.807, 2.05) is 27.7 Å². The summed E-state index contributed by atoms with van der Waals surface area (Å²) in [5, 5.41) is 20.1. The van der Waals surface area contributed by atoms with Gasteiger partial charge in [-0.1, -0.05) is 27.7 Å². The van der Waals surface area contributed by atoms with Crippen LogP contribution in [-0.2, 0) is 14.3 Å². The highest BCUT2D eigenvalue weighted by atomic mass is 16.5. The molecule has 0 radical (unpaired) electrons. The Morgan fingerprint density at radius 2 is 2.00 bits per heavy atom. The summed E-state index contributed by atoms with van der Waals surface area (Å²) in [6.07, 6.45) is 1.88. The number of Topliss-reactive ketones (excluding diaryl/α,β-unsaturated/α-hetero) is 1. The van der Waals surface area contributed by atoms with Gasteiger partial charge in [0.05, 0.1) is 31.0 Å². The van der Waals surface area contributed by atoms with Crippen LogP contribution in [0.5, 0.6) is 0 Å². The highest BCUT2D eigenvalue weighted by Crippen LogP contribution is 2.43. The summed E-state index contributed by atoms with van der Waals surface area (Å²) >= 11 is 0. The van der Waals surface area contributed by atoms with Crippen LogP contribution >= 0.6 is 0 Å². The molecule has 2 atom stereocenters. The minimum Gasteiger partial charge on any atom is -0.511 e. The SMILES string of the molecule is CCCC(=O)C1=C(O)[C@@H](C(=O)OC)C(C)(C)CC1=N[C@@H](CC)CO. The number of carbonyl (C=O) groups is 2. The van der Waals surface area contributed by atoms with Crippen molar-refractivity contribution in [2.45, 2.75) is 59.4 Å². The fourth-order valence-electron chi connectivity index (χ4n) is 3.08. The topological polar surface area (TPSA) is 96.2 Å². The van der Waals surface area contributed by atoms with E-state index in [-0.39, 0.29) is 36.2 Å². The Morgan fingerprint density at radius 3 is 2.46 bits per heavy atom. The van der Waals surface area contributed by atoms with Crippen molar-refractivity contribution in [3.8, 4) is 0 Å². The number of esters is 1. The highest BCUT2D eigenvalue weighted by molar-refractivity contribution is 6.24. The number of aliphatic hydroxyl groups is 2. The maximum Gasteiger partial charge on any atom is 0.316 e. The Balaban J connectivity index is 3.51. The second-order valence-electron chi connectivity index (χ2n) is 6.88. The summed E-state index contributed by atoms with van der Waals surface area (Å²) < 4.78 is 4.82. The van der Waals surface area contributed by atoms with Gasteiger partial charge in [0, 0.05) is 6.42 Å². The van der Waals surface area contributed by atoms with Crippen molar-refractivity contribution in [2.75, 3.05) is 13.7 Å². The van der Waals surface area contributed by atoms with Gasteiger partial charge < -0.3 is 14.9 Å². The minimum atomic E-state index is -0.897. The molecule has 0 aromatic heterocycles. The molecule has 1 aliphatic carbocycles. The van der Waals surface area contributed by atoms with E-state index in [2.05, 4.69) is 4.99 Å². The molecule has 0 spiro atoms. The first kappa shape index (κ1) is 20.4. The number of ketones is 1. The first-order chi connectivity index (χ1) is 11.2. The number of allylic oxidation sites excluding steroid dienone is 1. The van der Waals surface area contributed by atoms with Crippen LogP contribution in [0.3, 0.4) is 0 Å². The van der Waals surface area contributed by atoms with E-state index in [1.54, 1.807) is 0 Å². The fraction of sp³-hybridized carbons (Fsp3) is 0.722. The zero-order chi connectivity index (χ0) is 18.5. The zero-order valence-electron chi connectivity index (χ0n) is 15.3. The first-order valence-electron chi connectivity index (χ1n) is 8.45. The van der Waals surface area contributed by atoms with Gasteiger partial charge in [-0.05, 0) is 24.7 Å². The number of rotatable bonds is 7. The van der Waals surface area contributed by atoms with Crippen molar-refractivity contribution in [2.24, 2.45) is 16.3 Å². The van der Waals surface area contributed by atoms with Crippen LogP contribution in [0.2, 0.25) is 0 Å². The van der Waals surface area contributed by atoms with Crippen molar-refractivity contribution in [1.82, 2.24) is 0 Å². The van der Waals surface area contributed by atoms with Crippen molar-refractivity contribution in [3.63, 3.8) is 0 Å². The molecule has 24 heavy (non-hydrogen) atoms. The Labute approximate surface area is 143 Å². The smallest absolute Gasteiger partial charge is 0.316 e. The third-order valence-electron chi connectivity index (χ3n) is 4.44. The molecule has 6 heteroatoms. The predicted octanol–water partition coefficient (Wildman–Crippen LogP) is 2.60. The number of nitrogens with zero attached hydrogens (tertiary/aromatic N) is 1. The third-order valence-corrected chi connectivity index (χ3v) is 4.44. The molecule has 136 valence electrons. The average Bonchev–Trinajstić information content (AvgIpc) is 2.51. The normalized spacial score (nSPS) is 23.2. The van der Waals surface area contributed by atoms with Gasteiger partial charge in [0.1, 0.15) is 11.7 Å². The molecule has 1 aliphatic rings. The Bertz CT molecular complexity index is 544. The zero-order valence-corrected chi connectivity index (χ0v) is 15.3. The molecule has 0 fully saturated rings. The minimum absolute atomic E-state index is 0.124. The number of aliphatic imine (C=N–C) groups is 1. The molecular formula is C18H29NO5. The summed E-state index contributed by atoms with van der Waals surface area (Å²) in [4.78, 5) is 29.2. The molecule has 0 bridgehead atoms. The van der Waals surface area contributed by atoms with Gasteiger partial charge >= 0.3 is 5.97 Å². The summed E-state index contributed by atoms with van der Waals surface area (Å²) in [5.74, 6) is -1.95. The van der Waals surface area contributed by atoms with Crippen LogP contribution in [0.15, 0.2) is 16.3 Å². The van der Waals surface area contributed by atoms with E-state index in [0.29, 0.717) is 25.0 Å². The average molecular weight is 339 g/mol. The Hall–Kier alpha value is -1.69. The van der Waals surface area contributed by atoms with Crippen molar-refractivity contribution in [3.05, 3.63) is 11.3 Å². The van der Waals surface area contributed by atoms with Gasteiger partial charge in [0.25, 0.3) is 0 Å². The van der Waals surface area contributed by atoms with E-state index in [4.69, 9.17) is 4.74 Å². The van der Waals surface area contributed by atoms with E-state index >= 15 is 0 Å². The highest BCUT2D eigenvalue weighted by Gasteiger charge is 2.47. The molecule has 1 rings (SSSR count). The summed E-state index contributed by atoms with van der Waals surface area (Å²) in [6.45, 7) is 7.31. The lowest BCUT2D eigenvalue weighted by molar-refractivity contribution is -0.149. The number of hydrogen-bond acceptors (Lipinski definition) is 6. The van der Waals surface area contributed by atoms with Gasteiger partial charge in [0.15, 0.2) is 5.78 Å². The predicted molar refractivity (Wildman–Crippen MR) is 92.1 cm³/mol. The van der Waals surface area contributed by atoms with Gasteiger partial charge in [-0.25, -0.2) is 0 Å². The van der Waals surface area contributed by atoms with E-state index < -0.39 is 17.3 Å². The summed E-state index contributed by atoms with van der Waals surface area (Å²) in [7, 11) is 1.27. The molecule has 0 unspecified atom stereocenters. The van der Waals surface area contributed by atoms with Crippen LogP contribution in [0.25, 0.3) is 0 Å². The third kappa shape index (κ3) is 4.23. The molecular weight excluding hydrogens is 310 g/mol. The lowest BCUT2D eigenvalue weighted by Gasteiger charge is -2.38. The largest absolute Gasteiger partial charge is 0.511 e. The fourth-order valence-corrected chi connectivity index (χ4v) is 3.08. The summed E-state index contributed by atoms with van der Waals surface area (Å²) in [5.41, 5.74) is -0.0461. The number of aliphatic hydroxyl groups excluding tert-OH is 2. The lowest BCUT2D eigenvalue weighted by atomic mass is 9.67. The molecule has 0 aromatic rings. The van der Waals surface area contributed by atoms with Gasteiger partial charge in [-0.15, -0.1) is 0 Å². The maximum atomic E-state index is 12.5. The molecule has 0 saturated carbocycles. The quantitative estimate of drug-likeness (QED) is 0.695. The molecule has 0 aromatic carbocycles. The van der Waals surface area contributed by atoms with Crippen LogP contribution in [-0.4, -0.2) is 47.4 Å². The molecule has 0 heterocycles. The van der Waals surface area contributed by atoms with E-state index in [9.17, 15) is 19.8 Å². The molecule has 6 nitrogen and oxygen atoms in total. The second-order valence-corrected chi connectivity index (χ2v) is 6.88. The number of ether oxygens (including phenoxy) is 1. The monoisotopic (exact) mass is 339 g/mol. The van der Waals surface area contributed by atoms with Crippen molar-refractivity contribution >= 4 is 17.5 Å². The Kier molecular flexibility index (Phi) is 7.14. The standard InChI is InChI=1S/C18H29NO5/c1-6-8-13(21)14-12(19-11(7-2)10-20)9-18(3,4)15(16(14)22)17(23)24-5/h11,15,20,22H,6-10H2,1-5H3/t11-,15-/m0/s1. The maximum absolute atomic E-state index is 12.5. The number of carbonyl (C=O) groups excluding carboxylic acids is 2. The van der Waals surface area contributed by atoms with Crippen LogP contribution in [0.1, 0.15) is 53.4 Å². The van der Waals surface area contributed by atoms with Gasteiger partial charge in [-0.2, -0.15) is 0 Å². The molecule has 0 aliphatic heterocycles. The van der Waals surface area contributed by atoms with Gasteiger partial charge in [0.2, 0.25) is 0 Å². The van der Waals surface area contributed by atoms with Crippen LogP contribution < -0.4 is 0 Å². The molecule has 0 saturated heterocycles. The van der Waals surface area contributed by atoms with Crippen molar-refractivity contribution < 1.29 is 24.5 Å². The second kappa shape index (κ2) is 8.42. The lowest BCUT2D eigenvalue weighted by Crippen LogP contribution is -2.42. The van der Waals surface area contributed by atoms with Crippen molar-refractivity contribution in [1.29, 1.82) is 0 Å². The number of methoxy groups -OCH3 is 1. The van der Waals surface area contributed by atoms with Gasteiger partial charge in [-0.3, -0.25) is 14.6 Å². The van der Waals surface area contributed by atoms with Crippen LogP contribution in [0, 0.1) is 11.3 Å². The first-order valence-corrected chi connectivity index (χ1v) is 8.45.